The number of carbonyl (C=O) groups is 2. The molecule has 0 saturated carbocycles. The Hall–Kier alpha value is -3.01. The van der Waals surface area contributed by atoms with E-state index in [1.807, 2.05) is 0 Å². The van der Waals surface area contributed by atoms with Gasteiger partial charge in [-0.05, 0) is 36.4 Å². The Morgan fingerprint density at radius 2 is 1.60 bits per heavy atom. The fourth-order valence-electron chi connectivity index (χ4n) is 2.80. The Labute approximate surface area is 170 Å². The average molecular weight is 449 g/mol. The highest BCUT2D eigenvalue weighted by Crippen LogP contribution is 2.36. The molecule has 2 aromatic carbocycles. The number of carbonyl (C=O) groups excluding carboxylic acids is 2. The fraction of sp³-hybridized carbons (Fsp3) is 0.158. The molecular formula is C19H11ClF6N2O2. The first-order valence-electron chi connectivity index (χ1n) is 8.25. The number of nitrogens with one attached hydrogen (secondary N) is 2. The third kappa shape index (κ3) is 4.59. The number of alkyl halides is 6. The van der Waals surface area contributed by atoms with Gasteiger partial charge in [-0.2, -0.15) is 26.3 Å². The molecule has 0 saturated heterocycles. The van der Waals surface area contributed by atoms with Crippen LogP contribution in [0.4, 0.5) is 32.0 Å². The van der Waals surface area contributed by atoms with Crippen LogP contribution >= 0.6 is 11.6 Å². The summed E-state index contributed by atoms with van der Waals surface area (Å²) in [5, 5.41) is 5.10. The van der Waals surface area contributed by atoms with Crippen molar-refractivity contribution in [2.75, 3.05) is 11.9 Å². The van der Waals surface area contributed by atoms with Crippen LogP contribution in [0.2, 0.25) is 5.02 Å². The Morgan fingerprint density at radius 3 is 2.17 bits per heavy atom. The van der Waals surface area contributed by atoms with Gasteiger partial charge in [0, 0.05) is 34.0 Å². The highest BCUT2D eigenvalue weighted by molar-refractivity contribution is 6.34. The molecule has 2 aromatic rings. The Bertz CT molecular complexity index is 1030. The van der Waals surface area contributed by atoms with E-state index in [9.17, 15) is 35.9 Å². The lowest BCUT2D eigenvalue weighted by Crippen LogP contribution is -2.25. The Balaban J connectivity index is 1.83. The lowest BCUT2D eigenvalue weighted by atomic mass is 10.0. The van der Waals surface area contributed by atoms with E-state index in [-0.39, 0.29) is 18.2 Å². The summed E-state index contributed by atoms with van der Waals surface area (Å²) >= 11 is 5.88. The standard InChI is InChI=1S/C19H11ClF6N2O2/c20-12-1-2-15-14(8-12)13(17(30)28-15)3-4-27-16(29)9-5-10(18(21,22)23)7-11(6-9)19(24,25)26/h1-3,5-8H,4H2,(H,27,29)(H,28,30). The molecule has 4 nitrogen and oxygen atoms in total. The minimum Gasteiger partial charge on any atom is -0.349 e. The van der Waals surface area contributed by atoms with Gasteiger partial charge in [0.25, 0.3) is 11.8 Å². The predicted molar refractivity (Wildman–Crippen MR) is 96.8 cm³/mol. The molecule has 0 aliphatic carbocycles. The van der Waals surface area contributed by atoms with Crippen molar-refractivity contribution >= 4 is 34.7 Å². The fourth-order valence-corrected chi connectivity index (χ4v) is 2.97. The van der Waals surface area contributed by atoms with Crippen LogP contribution in [0, 0.1) is 0 Å². The molecule has 0 radical (unpaired) electrons. The zero-order chi connectivity index (χ0) is 22.3. The molecule has 1 aliphatic rings. The third-order valence-corrected chi connectivity index (χ3v) is 4.42. The van der Waals surface area contributed by atoms with E-state index in [2.05, 4.69) is 10.6 Å². The Kier molecular flexibility index (Phi) is 5.55. The first-order chi connectivity index (χ1) is 13.9. The van der Waals surface area contributed by atoms with Gasteiger partial charge in [0.15, 0.2) is 0 Å². The van der Waals surface area contributed by atoms with Crippen LogP contribution in [0.1, 0.15) is 27.0 Å². The summed E-state index contributed by atoms with van der Waals surface area (Å²) in [7, 11) is 0. The molecular weight excluding hydrogens is 438 g/mol. The number of benzene rings is 2. The molecule has 2 N–H and O–H groups in total. The number of rotatable bonds is 3. The lowest BCUT2D eigenvalue weighted by molar-refractivity contribution is -0.143. The van der Waals surface area contributed by atoms with Crippen LogP contribution in [-0.4, -0.2) is 18.4 Å². The van der Waals surface area contributed by atoms with Crippen LogP contribution in [0.25, 0.3) is 5.57 Å². The molecule has 0 fully saturated rings. The number of amides is 2. The SMILES string of the molecule is O=C1Nc2ccc(Cl)cc2C1=CCNC(=O)c1cc(C(F)(F)F)cc(C(F)(F)F)c1. The molecule has 2 amide bonds. The third-order valence-electron chi connectivity index (χ3n) is 4.18. The maximum Gasteiger partial charge on any atom is 0.416 e. The highest BCUT2D eigenvalue weighted by atomic mass is 35.5. The molecule has 1 heterocycles. The molecule has 0 unspecified atom stereocenters. The summed E-state index contributed by atoms with van der Waals surface area (Å²) in [4.78, 5) is 24.2. The number of hydrogen-bond acceptors (Lipinski definition) is 2. The summed E-state index contributed by atoms with van der Waals surface area (Å²) in [6, 6.07) is 5.21. The van der Waals surface area contributed by atoms with Gasteiger partial charge in [-0.3, -0.25) is 9.59 Å². The topological polar surface area (TPSA) is 58.2 Å². The first-order valence-corrected chi connectivity index (χ1v) is 8.63. The summed E-state index contributed by atoms with van der Waals surface area (Å²) in [5.74, 6) is -1.65. The molecule has 1 aliphatic heterocycles. The molecule has 11 heteroatoms. The lowest BCUT2D eigenvalue weighted by Gasteiger charge is -2.14. The van der Waals surface area contributed by atoms with Gasteiger partial charge in [0.2, 0.25) is 0 Å². The van der Waals surface area contributed by atoms with Gasteiger partial charge < -0.3 is 10.6 Å². The van der Waals surface area contributed by atoms with E-state index in [4.69, 9.17) is 11.6 Å². The van der Waals surface area contributed by atoms with Crippen molar-refractivity contribution in [3.05, 3.63) is 69.8 Å². The van der Waals surface area contributed by atoms with Crippen molar-refractivity contribution in [3.63, 3.8) is 0 Å². The second kappa shape index (κ2) is 7.67. The summed E-state index contributed by atoms with van der Waals surface area (Å²) in [6.07, 6.45) is -8.85. The average Bonchev–Trinajstić information content (AvgIpc) is 2.94. The quantitative estimate of drug-likeness (QED) is 0.504. The van der Waals surface area contributed by atoms with Gasteiger partial charge in [0.1, 0.15) is 0 Å². The molecule has 0 aromatic heterocycles. The summed E-state index contributed by atoms with van der Waals surface area (Å²) in [6.45, 7) is -0.314. The van der Waals surface area contributed by atoms with Gasteiger partial charge >= 0.3 is 12.4 Å². The van der Waals surface area contributed by atoms with E-state index in [1.54, 1.807) is 12.1 Å². The van der Waals surface area contributed by atoms with Gasteiger partial charge in [0.05, 0.1) is 11.1 Å². The summed E-state index contributed by atoms with van der Waals surface area (Å²) in [5.41, 5.74) is -2.91. The van der Waals surface area contributed by atoms with E-state index in [0.29, 0.717) is 28.4 Å². The van der Waals surface area contributed by atoms with E-state index in [1.165, 1.54) is 12.1 Å². The van der Waals surface area contributed by atoms with Crippen molar-refractivity contribution in [1.82, 2.24) is 5.32 Å². The van der Waals surface area contributed by atoms with Gasteiger partial charge in [-0.1, -0.05) is 17.7 Å². The monoisotopic (exact) mass is 448 g/mol. The van der Waals surface area contributed by atoms with Crippen molar-refractivity contribution in [2.24, 2.45) is 0 Å². The second-order valence-electron chi connectivity index (χ2n) is 6.27. The number of anilines is 1. The van der Waals surface area contributed by atoms with E-state index < -0.39 is 40.9 Å². The largest absolute Gasteiger partial charge is 0.416 e. The molecule has 0 atom stereocenters. The summed E-state index contributed by atoms with van der Waals surface area (Å²) < 4.78 is 77.5. The minimum atomic E-state index is -5.07. The molecule has 30 heavy (non-hydrogen) atoms. The van der Waals surface area contributed by atoms with Crippen LogP contribution in [-0.2, 0) is 17.1 Å². The number of fused-ring (bicyclic) bond motifs is 1. The molecule has 158 valence electrons. The van der Waals surface area contributed by atoms with Crippen LogP contribution in [0.15, 0.2) is 42.5 Å². The van der Waals surface area contributed by atoms with Crippen molar-refractivity contribution in [2.45, 2.75) is 12.4 Å². The van der Waals surface area contributed by atoms with Crippen LogP contribution in [0.3, 0.4) is 0 Å². The van der Waals surface area contributed by atoms with Crippen molar-refractivity contribution in [1.29, 1.82) is 0 Å². The zero-order valence-electron chi connectivity index (χ0n) is 14.7. The van der Waals surface area contributed by atoms with Gasteiger partial charge in [-0.25, -0.2) is 0 Å². The highest BCUT2D eigenvalue weighted by Gasteiger charge is 2.37. The van der Waals surface area contributed by atoms with Crippen molar-refractivity contribution in [3.8, 4) is 0 Å². The van der Waals surface area contributed by atoms with E-state index in [0.717, 1.165) is 0 Å². The smallest absolute Gasteiger partial charge is 0.349 e. The molecule has 3 rings (SSSR count). The second-order valence-corrected chi connectivity index (χ2v) is 6.70. The first kappa shape index (κ1) is 21.7. The van der Waals surface area contributed by atoms with Crippen LogP contribution < -0.4 is 10.6 Å². The zero-order valence-corrected chi connectivity index (χ0v) is 15.5. The maximum atomic E-state index is 12.9. The Morgan fingerprint density at radius 1 is 1.00 bits per heavy atom. The minimum absolute atomic E-state index is 0.0672. The van der Waals surface area contributed by atoms with Crippen LogP contribution in [0.5, 0.6) is 0 Å². The van der Waals surface area contributed by atoms with E-state index >= 15 is 0 Å². The van der Waals surface area contributed by atoms with Gasteiger partial charge in [-0.15, -0.1) is 0 Å². The molecule has 0 spiro atoms. The predicted octanol–water partition coefficient (Wildman–Crippen LogP) is 5.14. The number of halogens is 7. The molecule has 0 bridgehead atoms. The maximum absolute atomic E-state index is 12.9. The van der Waals surface area contributed by atoms with Crippen molar-refractivity contribution < 1.29 is 35.9 Å². The number of hydrogen-bond donors (Lipinski definition) is 2. The normalized spacial score (nSPS) is 15.2.